The number of aryl methyl sites for hydroxylation is 2. The highest BCUT2D eigenvalue weighted by atomic mass is 32.1. The van der Waals surface area contributed by atoms with Gasteiger partial charge in [-0.05, 0) is 44.7 Å². The molecule has 0 aromatic carbocycles. The van der Waals surface area contributed by atoms with Crippen LogP contribution in [-0.4, -0.2) is 53.4 Å². The summed E-state index contributed by atoms with van der Waals surface area (Å²) in [5.74, 6) is -1.29. The lowest BCUT2D eigenvalue weighted by Crippen LogP contribution is -2.30. The molecule has 2 aliphatic rings. The van der Waals surface area contributed by atoms with Gasteiger partial charge in [-0.15, -0.1) is 11.3 Å². The Morgan fingerprint density at radius 1 is 1.28 bits per heavy atom. The van der Waals surface area contributed by atoms with E-state index in [0.717, 1.165) is 37.3 Å². The number of nitrogen functional groups attached to an aromatic ring is 1. The zero-order valence-corrected chi connectivity index (χ0v) is 16.9. The molecule has 2 aromatic rings. The highest BCUT2D eigenvalue weighted by molar-refractivity contribution is 7.19. The van der Waals surface area contributed by atoms with Crippen molar-refractivity contribution in [3.05, 3.63) is 10.4 Å². The molecule has 160 valence electrons. The van der Waals surface area contributed by atoms with Gasteiger partial charge in [0.2, 0.25) is 5.95 Å². The molecule has 29 heavy (non-hydrogen) atoms. The summed E-state index contributed by atoms with van der Waals surface area (Å²) in [7, 11) is 2.03. The maximum atomic E-state index is 10.6. The van der Waals surface area contributed by atoms with Crippen LogP contribution in [0.1, 0.15) is 36.1 Å². The first kappa shape index (κ1) is 21.6. The number of carbonyl (C=O) groups is 1. The first-order chi connectivity index (χ1) is 13.7. The van der Waals surface area contributed by atoms with Crippen LogP contribution in [0.25, 0.3) is 10.2 Å². The molecular formula is C18H24F3N5O2S. The monoisotopic (exact) mass is 431 g/mol. The van der Waals surface area contributed by atoms with Gasteiger partial charge in [0.25, 0.3) is 0 Å². The lowest BCUT2D eigenvalue weighted by Gasteiger charge is -2.18. The van der Waals surface area contributed by atoms with E-state index in [0.29, 0.717) is 12.0 Å². The molecule has 3 heterocycles. The molecule has 0 spiro atoms. The van der Waals surface area contributed by atoms with Gasteiger partial charge in [0, 0.05) is 24.0 Å². The molecule has 1 saturated heterocycles. The molecule has 1 atom stereocenters. The van der Waals surface area contributed by atoms with Crippen LogP contribution in [0, 0.1) is 0 Å². The van der Waals surface area contributed by atoms with Crippen LogP contribution in [0.15, 0.2) is 0 Å². The fourth-order valence-electron chi connectivity index (χ4n) is 3.70. The van der Waals surface area contributed by atoms with Crippen molar-refractivity contribution < 1.29 is 23.1 Å². The number of anilines is 2. The summed E-state index contributed by atoms with van der Waals surface area (Å²) in [5, 5.41) is 10.5. The van der Waals surface area contributed by atoms with Crippen LogP contribution in [0.4, 0.5) is 24.9 Å². The van der Waals surface area contributed by atoms with Crippen LogP contribution >= 0.6 is 11.3 Å². The Balaban J connectivity index is 0.000000298. The number of hydrogen-bond acceptors (Lipinski definition) is 7. The Morgan fingerprint density at radius 3 is 2.59 bits per heavy atom. The molecule has 4 N–H and O–H groups in total. The van der Waals surface area contributed by atoms with E-state index in [2.05, 4.69) is 20.2 Å². The first-order valence-electron chi connectivity index (χ1n) is 9.50. The molecule has 0 saturated carbocycles. The van der Waals surface area contributed by atoms with E-state index in [1.54, 1.807) is 0 Å². The SMILES string of the molecule is CN[C@@H]1CCN(c2nc(N)nc3c4c(sc23)CCCCC4)C1.O=C(O)C(F)(F)F. The quantitative estimate of drug-likeness (QED) is 0.628. The van der Waals surface area contributed by atoms with Crippen molar-refractivity contribution in [1.29, 1.82) is 0 Å². The number of carboxylic acids is 1. The predicted molar refractivity (Wildman–Crippen MR) is 106 cm³/mol. The third kappa shape index (κ3) is 4.89. The maximum absolute atomic E-state index is 10.6. The lowest BCUT2D eigenvalue weighted by atomic mass is 10.1. The van der Waals surface area contributed by atoms with E-state index in [1.807, 2.05) is 18.4 Å². The number of halogens is 3. The van der Waals surface area contributed by atoms with Gasteiger partial charge in [0.15, 0.2) is 5.82 Å². The lowest BCUT2D eigenvalue weighted by molar-refractivity contribution is -0.192. The number of nitrogens with zero attached hydrogens (tertiary/aromatic N) is 3. The summed E-state index contributed by atoms with van der Waals surface area (Å²) in [6, 6.07) is 0.545. The van der Waals surface area contributed by atoms with Crippen LogP contribution in [0.5, 0.6) is 0 Å². The third-order valence-corrected chi connectivity index (χ3v) is 6.46. The summed E-state index contributed by atoms with van der Waals surface area (Å²) >= 11 is 1.90. The van der Waals surface area contributed by atoms with Crippen molar-refractivity contribution in [2.24, 2.45) is 0 Å². The van der Waals surface area contributed by atoms with Crippen molar-refractivity contribution >= 4 is 39.3 Å². The number of nitrogens with one attached hydrogen (secondary N) is 1. The fourth-order valence-corrected chi connectivity index (χ4v) is 5.04. The molecule has 4 rings (SSSR count). The van der Waals surface area contributed by atoms with Crippen LogP contribution in [-0.2, 0) is 17.6 Å². The summed E-state index contributed by atoms with van der Waals surface area (Å²) in [6.45, 7) is 2.05. The summed E-state index contributed by atoms with van der Waals surface area (Å²) in [5.41, 5.74) is 8.60. The Kier molecular flexibility index (Phi) is 6.47. The molecule has 1 fully saturated rings. The van der Waals surface area contributed by atoms with Gasteiger partial charge in [-0.25, -0.2) is 9.78 Å². The minimum Gasteiger partial charge on any atom is -0.475 e. The van der Waals surface area contributed by atoms with Gasteiger partial charge in [0.05, 0.1) is 10.2 Å². The minimum atomic E-state index is -5.08. The molecule has 0 amide bonds. The summed E-state index contributed by atoms with van der Waals surface area (Å²) < 4.78 is 33.0. The molecule has 1 aliphatic carbocycles. The van der Waals surface area contributed by atoms with E-state index >= 15 is 0 Å². The summed E-state index contributed by atoms with van der Waals surface area (Å²) in [6.07, 6.45) is 2.30. The topological polar surface area (TPSA) is 104 Å². The molecule has 0 bridgehead atoms. The molecule has 1 aliphatic heterocycles. The van der Waals surface area contributed by atoms with E-state index < -0.39 is 12.1 Å². The van der Waals surface area contributed by atoms with E-state index in [4.69, 9.17) is 15.6 Å². The van der Waals surface area contributed by atoms with Crippen LogP contribution < -0.4 is 16.0 Å². The number of fused-ring (bicyclic) bond motifs is 3. The fraction of sp³-hybridized carbons (Fsp3) is 0.611. The van der Waals surface area contributed by atoms with Crippen LogP contribution in [0.3, 0.4) is 0 Å². The Morgan fingerprint density at radius 2 is 1.97 bits per heavy atom. The third-order valence-electron chi connectivity index (χ3n) is 5.18. The highest BCUT2D eigenvalue weighted by Crippen LogP contribution is 2.39. The van der Waals surface area contributed by atoms with E-state index in [-0.39, 0.29) is 0 Å². The molecular weight excluding hydrogens is 407 g/mol. The number of aromatic nitrogens is 2. The average Bonchev–Trinajstić information content (AvgIpc) is 3.19. The molecule has 0 unspecified atom stereocenters. The Bertz CT molecular complexity index is 886. The van der Waals surface area contributed by atoms with E-state index in [1.165, 1.54) is 40.8 Å². The summed E-state index contributed by atoms with van der Waals surface area (Å²) in [4.78, 5) is 22.0. The average molecular weight is 431 g/mol. The van der Waals surface area contributed by atoms with Crippen molar-refractivity contribution in [1.82, 2.24) is 15.3 Å². The van der Waals surface area contributed by atoms with E-state index in [9.17, 15) is 13.2 Å². The van der Waals surface area contributed by atoms with Crippen molar-refractivity contribution in [3.8, 4) is 0 Å². The van der Waals surface area contributed by atoms with Gasteiger partial charge in [-0.3, -0.25) is 0 Å². The first-order valence-corrected chi connectivity index (χ1v) is 10.3. The van der Waals surface area contributed by atoms with Crippen molar-refractivity contribution in [2.45, 2.75) is 50.7 Å². The van der Waals surface area contributed by atoms with Gasteiger partial charge in [-0.1, -0.05) is 6.42 Å². The van der Waals surface area contributed by atoms with Gasteiger partial charge in [0.1, 0.15) is 0 Å². The van der Waals surface area contributed by atoms with Gasteiger partial charge < -0.3 is 21.1 Å². The van der Waals surface area contributed by atoms with Crippen molar-refractivity contribution in [3.63, 3.8) is 0 Å². The predicted octanol–water partition coefficient (Wildman–Crippen LogP) is 2.97. The number of carboxylic acid groups (broad SMARTS) is 1. The smallest absolute Gasteiger partial charge is 0.475 e. The number of hydrogen-bond donors (Lipinski definition) is 3. The molecule has 11 heteroatoms. The standard InChI is InChI=1S/C16H23N5S.C2HF3O2/c1-18-10-7-8-21(9-10)15-14-13(19-16(17)20-15)11-5-3-2-4-6-12(11)22-14;3-2(4,5)1(6)7/h10,18H,2-9H2,1H3,(H2,17,19,20);(H,6,7)/t10-;/m1./s1. The van der Waals surface area contributed by atoms with Crippen LogP contribution in [0.2, 0.25) is 0 Å². The van der Waals surface area contributed by atoms with Gasteiger partial charge in [-0.2, -0.15) is 18.2 Å². The largest absolute Gasteiger partial charge is 0.490 e. The number of alkyl halides is 3. The number of nitrogens with two attached hydrogens (primary N) is 1. The number of likely N-dealkylation sites (N-methyl/N-ethyl adjacent to an activating group) is 1. The number of thiophene rings is 1. The minimum absolute atomic E-state index is 0.417. The normalized spacial score (nSPS) is 19.4. The Hall–Kier alpha value is -2.14. The number of rotatable bonds is 2. The zero-order valence-electron chi connectivity index (χ0n) is 16.1. The molecule has 0 radical (unpaired) electrons. The second-order valence-corrected chi connectivity index (χ2v) is 8.28. The van der Waals surface area contributed by atoms with Gasteiger partial charge >= 0.3 is 12.1 Å². The Labute approximate surface area is 170 Å². The second-order valence-electron chi connectivity index (χ2n) is 7.17. The zero-order chi connectivity index (χ0) is 21.2. The number of aliphatic carboxylic acids is 1. The maximum Gasteiger partial charge on any atom is 0.490 e. The highest BCUT2D eigenvalue weighted by Gasteiger charge is 2.38. The molecule has 7 nitrogen and oxygen atoms in total. The van der Waals surface area contributed by atoms with Crippen molar-refractivity contribution in [2.75, 3.05) is 30.8 Å². The second kappa shape index (κ2) is 8.70. The molecule has 2 aromatic heterocycles.